The van der Waals surface area contributed by atoms with Crippen LogP contribution in [0.1, 0.15) is 0 Å². The Labute approximate surface area is 124 Å². The predicted octanol–water partition coefficient (Wildman–Crippen LogP) is 4.69. The number of benzene rings is 1. The zero-order valence-electron chi connectivity index (χ0n) is 9.65. The number of hydrogen-bond donors (Lipinski definition) is 2. The summed E-state index contributed by atoms with van der Waals surface area (Å²) in [7, 11) is 0. The third-order valence-electron chi connectivity index (χ3n) is 2.77. The molecular weight excluding hydrogens is 301 g/mol. The van der Waals surface area contributed by atoms with Crippen LogP contribution in [0.4, 0.5) is 5.82 Å². The molecule has 0 bridgehead atoms. The van der Waals surface area contributed by atoms with Gasteiger partial charge in [-0.2, -0.15) is 5.10 Å². The Morgan fingerprint density at radius 3 is 2.47 bits per heavy atom. The van der Waals surface area contributed by atoms with Crippen molar-refractivity contribution < 1.29 is 0 Å². The first-order valence-corrected chi connectivity index (χ1v) is 7.13. The third-order valence-corrected chi connectivity index (χ3v) is 4.38. The molecule has 0 atom stereocenters. The molecule has 0 unspecified atom stereocenters. The molecule has 1 aromatic carbocycles. The summed E-state index contributed by atoms with van der Waals surface area (Å²) in [6, 6.07) is 9.32. The number of rotatable bonds is 2. The van der Waals surface area contributed by atoms with Crippen LogP contribution in [0.25, 0.3) is 21.7 Å². The number of nitrogens with one attached hydrogen (secondary N) is 1. The number of aromatic nitrogens is 2. The number of nitrogens with zero attached hydrogens (tertiary/aromatic N) is 1. The molecule has 3 rings (SSSR count). The van der Waals surface area contributed by atoms with Crippen LogP contribution in [0.5, 0.6) is 0 Å². The minimum atomic E-state index is 0.446. The van der Waals surface area contributed by atoms with Gasteiger partial charge in [-0.25, -0.2) is 0 Å². The molecule has 2 heterocycles. The van der Waals surface area contributed by atoms with Crippen molar-refractivity contribution in [3.63, 3.8) is 0 Å². The van der Waals surface area contributed by atoms with Crippen molar-refractivity contribution in [3.8, 4) is 21.7 Å². The molecule has 0 radical (unpaired) electrons. The van der Waals surface area contributed by atoms with Crippen LogP contribution in [-0.4, -0.2) is 10.2 Å². The van der Waals surface area contributed by atoms with Crippen molar-refractivity contribution in [2.45, 2.75) is 0 Å². The molecule has 0 aliphatic carbocycles. The second kappa shape index (κ2) is 4.89. The fourth-order valence-electron chi connectivity index (χ4n) is 1.90. The maximum Gasteiger partial charge on any atom is 0.153 e. The van der Waals surface area contributed by atoms with Gasteiger partial charge in [-0.3, -0.25) is 5.10 Å². The molecule has 0 aliphatic heterocycles. The van der Waals surface area contributed by atoms with E-state index in [-0.39, 0.29) is 0 Å². The Morgan fingerprint density at radius 2 is 1.84 bits per heavy atom. The highest BCUT2D eigenvalue weighted by Gasteiger charge is 2.17. The van der Waals surface area contributed by atoms with Crippen LogP contribution in [0.15, 0.2) is 35.7 Å². The number of nitrogens with two attached hydrogens (primary N) is 1. The number of halogens is 2. The van der Waals surface area contributed by atoms with E-state index < -0.39 is 0 Å². The Balaban J connectivity index is 2.19. The molecule has 0 aliphatic rings. The van der Waals surface area contributed by atoms with Crippen molar-refractivity contribution in [2.75, 3.05) is 5.73 Å². The first-order chi connectivity index (χ1) is 9.16. The molecule has 2 aromatic heterocycles. The summed E-state index contributed by atoms with van der Waals surface area (Å²) in [5.74, 6) is 0.446. The summed E-state index contributed by atoms with van der Waals surface area (Å²) < 4.78 is 0. The topological polar surface area (TPSA) is 54.7 Å². The highest BCUT2D eigenvalue weighted by molar-refractivity contribution is 7.14. The predicted molar refractivity (Wildman–Crippen MR) is 81.8 cm³/mol. The van der Waals surface area contributed by atoms with Gasteiger partial charge in [0, 0.05) is 5.02 Å². The molecule has 0 spiro atoms. The number of aromatic amines is 1. The van der Waals surface area contributed by atoms with Gasteiger partial charge in [0.2, 0.25) is 0 Å². The van der Waals surface area contributed by atoms with Crippen molar-refractivity contribution >= 4 is 40.4 Å². The average molecular weight is 310 g/mol. The highest BCUT2D eigenvalue weighted by atomic mass is 35.5. The maximum atomic E-state index is 6.17. The Hall–Kier alpha value is -1.49. The van der Waals surface area contributed by atoms with E-state index in [1.807, 2.05) is 35.7 Å². The largest absolute Gasteiger partial charge is 0.382 e. The molecule has 0 fully saturated rings. The van der Waals surface area contributed by atoms with Gasteiger partial charge in [0.25, 0.3) is 0 Å². The van der Waals surface area contributed by atoms with Gasteiger partial charge in [-0.05, 0) is 29.1 Å². The second-order valence-electron chi connectivity index (χ2n) is 3.96. The van der Waals surface area contributed by atoms with Gasteiger partial charge in [-0.1, -0.05) is 35.3 Å². The molecule has 96 valence electrons. The summed E-state index contributed by atoms with van der Waals surface area (Å²) in [5.41, 5.74) is 8.59. The summed E-state index contributed by atoms with van der Waals surface area (Å²) in [4.78, 5) is 0.927. The summed E-state index contributed by atoms with van der Waals surface area (Å²) in [6.45, 7) is 0. The van der Waals surface area contributed by atoms with Gasteiger partial charge in [0.05, 0.1) is 21.2 Å². The zero-order valence-corrected chi connectivity index (χ0v) is 12.0. The molecule has 6 heteroatoms. The zero-order chi connectivity index (χ0) is 13.4. The lowest BCUT2D eigenvalue weighted by atomic mass is 10.0. The van der Waals surface area contributed by atoms with Gasteiger partial charge in [-0.15, -0.1) is 11.3 Å². The van der Waals surface area contributed by atoms with E-state index in [1.165, 1.54) is 0 Å². The average Bonchev–Trinajstić information content (AvgIpc) is 2.97. The fraction of sp³-hybridized carbons (Fsp3) is 0. The summed E-state index contributed by atoms with van der Waals surface area (Å²) in [5, 5.41) is 10.3. The van der Waals surface area contributed by atoms with Crippen LogP contribution in [0, 0.1) is 0 Å². The SMILES string of the molecule is Nc1n[nH]c(-c2sccc2Cl)c1-c1ccc(Cl)cc1. The molecular formula is C13H9Cl2N3S. The lowest BCUT2D eigenvalue weighted by Gasteiger charge is -2.03. The third kappa shape index (κ3) is 2.23. The van der Waals surface area contributed by atoms with Crippen molar-refractivity contribution in [1.82, 2.24) is 10.2 Å². The number of nitrogen functional groups attached to an aromatic ring is 1. The normalized spacial score (nSPS) is 10.8. The first kappa shape index (κ1) is 12.5. The van der Waals surface area contributed by atoms with Crippen molar-refractivity contribution in [2.24, 2.45) is 0 Å². The minimum absolute atomic E-state index is 0.446. The standard InChI is InChI=1S/C13H9Cl2N3S/c14-8-3-1-7(2-4-8)10-11(17-18-13(10)16)12-9(15)5-6-19-12/h1-6H,(H3,16,17,18). The smallest absolute Gasteiger partial charge is 0.153 e. The Kier molecular flexibility index (Phi) is 3.22. The molecule has 3 nitrogen and oxygen atoms in total. The molecule has 3 aromatic rings. The van der Waals surface area contributed by atoms with Crippen molar-refractivity contribution in [3.05, 3.63) is 45.8 Å². The minimum Gasteiger partial charge on any atom is -0.382 e. The van der Waals surface area contributed by atoms with E-state index in [9.17, 15) is 0 Å². The number of thiophene rings is 1. The van der Waals surface area contributed by atoms with Crippen LogP contribution >= 0.6 is 34.5 Å². The fourth-order valence-corrected chi connectivity index (χ4v) is 3.18. The Morgan fingerprint density at radius 1 is 1.11 bits per heavy atom. The molecule has 3 N–H and O–H groups in total. The van der Waals surface area contributed by atoms with E-state index in [0.29, 0.717) is 15.9 Å². The number of hydrogen-bond acceptors (Lipinski definition) is 3. The molecule has 0 amide bonds. The number of anilines is 1. The van der Waals surface area contributed by atoms with Gasteiger partial charge < -0.3 is 5.73 Å². The van der Waals surface area contributed by atoms with Gasteiger partial charge >= 0.3 is 0 Å². The molecule has 0 saturated heterocycles. The van der Waals surface area contributed by atoms with E-state index >= 15 is 0 Å². The van der Waals surface area contributed by atoms with E-state index in [1.54, 1.807) is 11.3 Å². The van der Waals surface area contributed by atoms with Gasteiger partial charge in [0.1, 0.15) is 0 Å². The lowest BCUT2D eigenvalue weighted by molar-refractivity contribution is 1.11. The maximum absolute atomic E-state index is 6.17. The van der Waals surface area contributed by atoms with E-state index in [0.717, 1.165) is 21.7 Å². The monoisotopic (exact) mass is 309 g/mol. The molecule has 0 saturated carbocycles. The highest BCUT2D eigenvalue weighted by Crippen LogP contribution is 2.40. The van der Waals surface area contributed by atoms with Gasteiger partial charge in [0.15, 0.2) is 5.82 Å². The number of H-pyrrole nitrogens is 1. The Bertz CT molecular complexity index is 716. The molecule has 19 heavy (non-hydrogen) atoms. The second-order valence-corrected chi connectivity index (χ2v) is 5.72. The van der Waals surface area contributed by atoms with Crippen LogP contribution in [0.2, 0.25) is 10.0 Å². The lowest BCUT2D eigenvalue weighted by Crippen LogP contribution is -1.88. The van der Waals surface area contributed by atoms with Crippen LogP contribution < -0.4 is 5.73 Å². The van der Waals surface area contributed by atoms with Crippen LogP contribution in [0.3, 0.4) is 0 Å². The van der Waals surface area contributed by atoms with Crippen molar-refractivity contribution in [1.29, 1.82) is 0 Å². The quantitative estimate of drug-likeness (QED) is 0.721. The first-order valence-electron chi connectivity index (χ1n) is 5.50. The summed E-state index contributed by atoms with van der Waals surface area (Å²) in [6.07, 6.45) is 0. The van der Waals surface area contributed by atoms with E-state index in [4.69, 9.17) is 28.9 Å². The van der Waals surface area contributed by atoms with Crippen LogP contribution in [-0.2, 0) is 0 Å². The summed E-state index contributed by atoms with van der Waals surface area (Å²) >= 11 is 13.6. The van der Waals surface area contributed by atoms with E-state index in [2.05, 4.69) is 10.2 Å².